The van der Waals surface area contributed by atoms with E-state index in [-0.39, 0.29) is 5.60 Å². The molecule has 2 nitrogen and oxygen atoms in total. The van der Waals surface area contributed by atoms with Gasteiger partial charge in [0.2, 0.25) is 0 Å². The summed E-state index contributed by atoms with van der Waals surface area (Å²) in [6, 6.07) is 0.310. The van der Waals surface area contributed by atoms with Crippen LogP contribution in [0.1, 0.15) is 46.0 Å². The van der Waals surface area contributed by atoms with Crippen molar-refractivity contribution >= 4 is 0 Å². The molecular weight excluding hydrogens is 162 g/mol. The van der Waals surface area contributed by atoms with Gasteiger partial charge in [-0.3, -0.25) is 0 Å². The lowest BCUT2D eigenvalue weighted by Crippen LogP contribution is -2.46. The maximum Gasteiger partial charge on any atom is 0.0693 e. The van der Waals surface area contributed by atoms with E-state index in [1.165, 1.54) is 25.7 Å². The van der Waals surface area contributed by atoms with E-state index in [0.29, 0.717) is 12.0 Å². The Hall–Kier alpha value is -0.0800. The van der Waals surface area contributed by atoms with Crippen LogP contribution in [0.25, 0.3) is 0 Å². The van der Waals surface area contributed by atoms with E-state index in [1.54, 1.807) is 0 Å². The smallest absolute Gasteiger partial charge is 0.0693 e. The maximum atomic E-state index is 6.12. The molecule has 78 valence electrons. The van der Waals surface area contributed by atoms with E-state index in [4.69, 9.17) is 10.5 Å². The highest BCUT2D eigenvalue weighted by Crippen LogP contribution is 2.39. The molecule has 0 amide bonds. The van der Waals surface area contributed by atoms with Crippen LogP contribution < -0.4 is 5.73 Å². The third-order valence-corrected chi connectivity index (χ3v) is 3.68. The van der Waals surface area contributed by atoms with Crippen LogP contribution >= 0.6 is 0 Å². The molecule has 13 heavy (non-hydrogen) atoms. The second-order valence-corrected chi connectivity index (χ2v) is 4.49. The van der Waals surface area contributed by atoms with Gasteiger partial charge in [0.15, 0.2) is 0 Å². The van der Waals surface area contributed by atoms with Crippen LogP contribution in [-0.2, 0) is 4.74 Å². The van der Waals surface area contributed by atoms with Gasteiger partial charge in [0, 0.05) is 13.2 Å². The van der Waals surface area contributed by atoms with Gasteiger partial charge in [-0.1, -0.05) is 20.3 Å². The minimum atomic E-state index is 0.142. The SMILES string of the molecule is CCC(C)C(N)CC1(OC)CCC1. The fourth-order valence-corrected chi connectivity index (χ4v) is 2.00. The average molecular weight is 185 g/mol. The van der Waals surface area contributed by atoms with Crippen molar-refractivity contribution in [3.63, 3.8) is 0 Å². The van der Waals surface area contributed by atoms with Gasteiger partial charge in [0.25, 0.3) is 0 Å². The summed E-state index contributed by atoms with van der Waals surface area (Å²) in [6.07, 6.45) is 5.92. The first-order chi connectivity index (χ1) is 6.13. The molecule has 0 saturated heterocycles. The molecule has 0 aromatic carbocycles. The van der Waals surface area contributed by atoms with Crippen molar-refractivity contribution in [2.45, 2.75) is 57.6 Å². The summed E-state index contributed by atoms with van der Waals surface area (Å²) < 4.78 is 5.56. The Labute approximate surface area is 81.8 Å². The largest absolute Gasteiger partial charge is 0.378 e. The Morgan fingerprint density at radius 2 is 2.08 bits per heavy atom. The number of ether oxygens (including phenoxy) is 1. The number of hydrogen-bond donors (Lipinski definition) is 1. The third kappa shape index (κ3) is 2.44. The van der Waals surface area contributed by atoms with Crippen LogP contribution in [0.4, 0.5) is 0 Å². The van der Waals surface area contributed by atoms with Gasteiger partial charge in [-0.25, -0.2) is 0 Å². The van der Waals surface area contributed by atoms with Crippen LogP contribution in [-0.4, -0.2) is 18.8 Å². The summed E-state index contributed by atoms with van der Waals surface area (Å²) in [5.41, 5.74) is 6.26. The molecule has 0 aliphatic heterocycles. The summed E-state index contributed by atoms with van der Waals surface area (Å²) in [4.78, 5) is 0. The topological polar surface area (TPSA) is 35.2 Å². The van der Waals surface area contributed by atoms with E-state index < -0.39 is 0 Å². The van der Waals surface area contributed by atoms with Crippen LogP contribution in [0.5, 0.6) is 0 Å². The summed E-state index contributed by atoms with van der Waals surface area (Å²) in [6.45, 7) is 4.43. The number of methoxy groups -OCH3 is 1. The van der Waals surface area contributed by atoms with E-state index in [2.05, 4.69) is 13.8 Å². The predicted molar refractivity (Wildman–Crippen MR) is 55.6 cm³/mol. The Morgan fingerprint density at radius 1 is 1.46 bits per heavy atom. The molecule has 2 N–H and O–H groups in total. The molecule has 2 atom stereocenters. The lowest BCUT2D eigenvalue weighted by atomic mass is 9.74. The summed E-state index contributed by atoms with van der Waals surface area (Å²) in [7, 11) is 1.82. The molecule has 0 bridgehead atoms. The minimum absolute atomic E-state index is 0.142. The van der Waals surface area contributed by atoms with Gasteiger partial charge in [-0.05, 0) is 31.6 Å². The van der Waals surface area contributed by atoms with Gasteiger partial charge < -0.3 is 10.5 Å². The van der Waals surface area contributed by atoms with E-state index in [1.807, 2.05) is 7.11 Å². The maximum absolute atomic E-state index is 6.12. The van der Waals surface area contributed by atoms with Crippen molar-refractivity contribution < 1.29 is 4.74 Å². The summed E-state index contributed by atoms with van der Waals surface area (Å²) >= 11 is 0. The van der Waals surface area contributed by atoms with Crippen LogP contribution in [0.2, 0.25) is 0 Å². The Bertz CT molecular complexity index is 149. The standard InChI is InChI=1S/C11H23NO/c1-4-9(2)10(12)8-11(13-3)6-5-7-11/h9-10H,4-8,12H2,1-3H3. The molecule has 1 saturated carbocycles. The Morgan fingerprint density at radius 3 is 2.38 bits per heavy atom. The Kier molecular flexibility index (Phi) is 3.74. The molecule has 2 unspecified atom stereocenters. The first-order valence-corrected chi connectivity index (χ1v) is 5.44. The average Bonchev–Trinajstić information content (AvgIpc) is 2.09. The van der Waals surface area contributed by atoms with Crippen molar-refractivity contribution in [1.82, 2.24) is 0 Å². The van der Waals surface area contributed by atoms with Gasteiger partial charge in [-0.2, -0.15) is 0 Å². The fourth-order valence-electron chi connectivity index (χ4n) is 2.00. The zero-order valence-corrected chi connectivity index (χ0v) is 9.18. The summed E-state index contributed by atoms with van der Waals surface area (Å²) in [5.74, 6) is 0.618. The highest BCUT2D eigenvalue weighted by atomic mass is 16.5. The van der Waals surface area contributed by atoms with Crippen LogP contribution in [0.15, 0.2) is 0 Å². The van der Waals surface area contributed by atoms with Crippen molar-refractivity contribution in [3.8, 4) is 0 Å². The van der Waals surface area contributed by atoms with Crippen molar-refractivity contribution in [3.05, 3.63) is 0 Å². The van der Waals surface area contributed by atoms with Crippen LogP contribution in [0, 0.1) is 5.92 Å². The number of rotatable bonds is 5. The molecule has 0 radical (unpaired) electrons. The number of hydrogen-bond acceptors (Lipinski definition) is 2. The lowest BCUT2D eigenvalue weighted by molar-refractivity contribution is -0.0840. The molecule has 1 fully saturated rings. The highest BCUT2D eigenvalue weighted by molar-refractivity contribution is 4.93. The molecule has 1 rings (SSSR count). The first kappa shape index (κ1) is 11.0. The quantitative estimate of drug-likeness (QED) is 0.713. The van der Waals surface area contributed by atoms with Gasteiger partial charge in [0.05, 0.1) is 5.60 Å². The third-order valence-electron chi connectivity index (χ3n) is 3.68. The molecule has 1 aliphatic rings. The van der Waals surface area contributed by atoms with Crippen molar-refractivity contribution in [2.24, 2.45) is 11.7 Å². The van der Waals surface area contributed by atoms with Crippen molar-refractivity contribution in [1.29, 1.82) is 0 Å². The molecule has 0 spiro atoms. The van der Waals surface area contributed by atoms with Crippen molar-refractivity contribution in [2.75, 3.05) is 7.11 Å². The lowest BCUT2D eigenvalue weighted by Gasteiger charge is -2.43. The zero-order chi connectivity index (χ0) is 9.90. The molecule has 2 heteroatoms. The molecule has 0 aromatic rings. The predicted octanol–water partition coefficient (Wildman–Crippen LogP) is 2.32. The van der Waals surface area contributed by atoms with E-state index in [0.717, 1.165) is 6.42 Å². The minimum Gasteiger partial charge on any atom is -0.378 e. The number of nitrogens with two attached hydrogens (primary N) is 1. The monoisotopic (exact) mass is 185 g/mol. The highest BCUT2D eigenvalue weighted by Gasteiger charge is 2.38. The Balaban J connectivity index is 2.37. The molecule has 1 aliphatic carbocycles. The molecule has 0 aromatic heterocycles. The van der Waals surface area contributed by atoms with Gasteiger partial charge in [0.1, 0.15) is 0 Å². The molecular formula is C11H23NO. The second-order valence-electron chi connectivity index (χ2n) is 4.49. The normalized spacial score (nSPS) is 24.9. The molecule has 0 heterocycles. The van der Waals surface area contributed by atoms with Gasteiger partial charge >= 0.3 is 0 Å². The zero-order valence-electron chi connectivity index (χ0n) is 9.18. The fraction of sp³-hybridized carbons (Fsp3) is 1.00. The summed E-state index contributed by atoms with van der Waals surface area (Å²) in [5, 5.41) is 0. The van der Waals surface area contributed by atoms with E-state index in [9.17, 15) is 0 Å². The first-order valence-electron chi connectivity index (χ1n) is 5.44. The van der Waals surface area contributed by atoms with Gasteiger partial charge in [-0.15, -0.1) is 0 Å². The van der Waals surface area contributed by atoms with Crippen LogP contribution in [0.3, 0.4) is 0 Å². The van der Waals surface area contributed by atoms with E-state index >= 15 is 0 Å². The second kappa shape index (κ2) is 4.43.